The third kappa shape index (κ3) is 2.80. The van der Waals surface area contributed by atoms with Crippen molar-refractivity contribution in [2.75, 3.05) is 6.79 Å². The van der Waals surface area contributed by atoms with Crippen LogP contribution >= 0.6 is 0 Å². The lowest BCUT2D eigenvalue weighted by atomic mass is 9.89. The van der Waals surface area contributed by atoms with E-state index < -0.39 is 11.5 Å². The number of benzene rings is 1. The van der Waals surface area contributed by atoms with Crippen LogP contribution in [0.2, 0.25) is 0 Å². The molecule has 0 saturated carbocycles. The highest BCUT2D eigenvalue weighted by Gasteiger charge is 2.19. The molecule has 0 aliphatic carbocycles. The maximum Gasteiger partial charge on any atom is 0.231 e. The minimum absolute atomic E-state index is 0.0886. The first-order valence-corrected chi connectivity index (χ1v) is 5.52. The average Bonchev–Trinajstić information content (AvgIpc) is 2.73. The van der Waals surface area contributed by atoms with Crippen molar-refractivity contribution in [3.63, 3.8) is 0 Å². The van der Waals surface area contributed by atoms with Crippen molar-refractivity contribution in [3.05, 3.63) is 29.8 Å². The van der Waals surface area contributed by atoms with Gasteiger partial charge < -0.3 is 14.6 Å². The van der Waals surface area contributed by atoms with Crippen LogP contribution in [0.3, 0.4) is 0 Å². The third-order valence-electron chi connectivity index (χ3n) is 2.52. The quantitative estimate of drug-likeness (QED) is 0.858. The fourth-order valence-electron chi connectivity index (χ4n) is 1.35. The molecule has 0 spiro atoms. The monoisotopic (exact) mass is 236 g/mol. The van der Waals surface area contributed by atoms with Crippen LogP contribution in [0.4, 0.5) is 0 Å². The predicted octanol–water partition coefficient (Wildman–Crippen LogP) is 2.84. The molecule has 1 heterocycles. The van der Waals surface area contributed by atoms with Gasteiger partial charge >= 0.3 is 0 Å². The van der Waals surface area contributed by atoms with Crippen LogP contribution in [0.1, 0.15) is 29.1 Å². The van der Waals surface area contributed by atoms with E-state index in [1.54, 1.807) is 39.0 Å². The number of rotatable bonds is 2. The molecule has 2 rings (SSSR count). The molecule has 3 heteroatoms. The predicted molar refractivity (Wildman–Crippen MR) is 67.1 cm³/mol. The van der Waals surface area contributed by atoms with E-state index in [1.165, 1.54) is 6.08 Å². The van der Waals surface area contributed by atoms with Crippen molar-refractivity contribution in [2.45, 2.75) is 26.9 Å². The van der Waals surface area contributed by atoms with Crippen LogP contribution in [0.25, 0.3) is 6.05 Å². The molecular weight excluding hydrogens is 216 g/mol. The molecule has 1 atom stereocenters. The molecule has 0 amide bonds. The van der Waals surface area contributed by atoms with Crippen molar-refractivity contribution >= 4 is 6.05 Å². The molecule has 17 heavy (non-hydrogen) atoms. The fourth-order valence-corrected chi connectivity index (χ4v) is 1.35. The van der Waals surface area contributed by atoms with Gasteiger partial charge in [0.1, 0.15) is 0 Å². The second kappa shape index (κ2) is 4.41. The van der Waals surface area contributed by atoms with Gasteiger partial charge in [-0.25, -0.2) is 0 Å². The van der Waals surface area contributed by atoms with E-state index in [-0.39, 0.29) is 12.8 Å². The van der Waals surface area contributed by atoms with E-state index >= 15 is 0 Å². The first-order valence-electron chi connectivity index (χ1n) is 6.52. The van der Waals surface area contributed by atoms with Gasteiger partial charge in [-0.05, 0) is 23.1 Å². The van der Waals surface area contributed by atoms with E-state index in [2.05, 4.69) is 0 Å². The van der Waals surface area contributed by atoms with Gasteiger partial charge in [-0.1, -0.05) is 39.0 Å². The van der Waals surface area contributed by atoms with Gasteiger partial charge in [0.15, 0.2) is 11.5 Å². The van der Waals surface area contributed by atoms with Gasteiger partial charge in [0.05, 0.1) is 8.82 Å². The van der Waals surface area contributed by atoms with Gasteiger partial charge in [-0.15, -0.1) is 0 Å². The van der Waals surface area contributed by atoms with Crippen molar-refractivity contribution in [3.8, 4) is 11.5 Å². The van der Waals surface area contributed by atoms with Gasteiger partial charge in [-0.2, -0.15) is 0 Å². The molecule has 1 aromatic carbocycles. The largest absolute Gasteiger partial charge is 0.454 e. The van der Waals surface area contributed by atoms with Gasteiger partial charge in [0.25, 0.3) is 0 Å². The molecule has 0 saturated heterocycles. The minimum Gasteiger partial charge on any atom is -0.454 e. The standard InChI is InChI=1S/C14H18O3/c1-14(2,3)13(15)7-5-10-4-6-11-12(8-10)17-9-16-11/h4-8,13,15H,9H2,1-3H3/b7-5+/i5D,13D. The van der Waals surface area contributed by atoms with Crippen LogP contribution in [-0.4, -0.2) is 18.0 Å². The van der Waals surface area contributed by atoms with Crippen molar-refractivity contribution in [1.29, 1.82) is 0 Å². The number of aliphatic hydroxyl groups is 1. The summed E-state index contributed by atoms with van der Waals surface area (Å²) in [7, 11) is 0. The van der Waals surface area contributed by atoms with E-state index in [0.29, 0.717) is 17.1 Å². The molecule has 92 valence electrons. The highest BCUT2D eigenvalue weighted by Crippen LogP contribution is 2.33. The van der Waals surface area contributed by atoms with Crippen molar-refractivity contribution in [2.24, 2.45) is 5.41 Å². The molecule has 1 aliphatic rings. The Labute approximate surface area is 104 Å². The van der Waals surface area contributed by atoms with Crippen LogP contribution in [0.15, 0.2) is 24.3 Å². The second-order valence-corrected chi connectivity index (χ2v) is 4.99. The lowest BCUT2D eigenvalue weighted by Gasteiger charge is -2.22. The summed E-state index contributed by atoms with van der Waals surface area (Å²) in [6.07, 6.45) is -0.564. The molecular formula is C14H18O3. The van der Waals surface area contributed by atoms with Crippen LogP contribution < -0.4 is 9.47 Å². The Morgan fingerprint density at radius 2 is 2.12 bits per heavy atom. The van der Waals surface area contributed by atoms with Crippen LogP contribution in [0, 0.1) is 5.41 Å². The van der Waals surface area contributed by atoms with Gasteiger partial charge in [0, 0.05) is 0 Å². The van der Waals surface area contributed by atoms with E-state index in [4.69, 9.17) is 12.2 Å². The number of fused-ring (bicyclic) bond motifs is 1. The lowest BCUT2D eigenvalue weighted by Crippen LogP contribution is -2.23. The second-order valence-electron chi connectivity index (χ2n) is 4.99. The first-order chi connectivity index (χ1) is 8.71. The summed E-state index contributed by atoms with van der Waals surface area (Å²) in [4.78, 5) is 0. The highest BCUT2D eigenvalue weighted by atomic mass is 16.7. The van der Waals surface area contributed by atoms with E-state index in [9.17, 15) is 5.11 Å². The van der Waals surface area contributed by atoms with Crippen molar-refractivity contribution < 1.29 is 17.3 Å². The summed E-state index contributed by atoms with van der Waals surface area (Å²) < 4.78 is 26.4. The van der Waals surface area contributed by atoms with E-state index in [1.807, 2.05) is 0 Å². The lowest BCUT2D eigenvalue weighted by molar-refractivity contribution is 0.106. The maximum atomic E-state index is 10.1. The molecule has 3 nitrogen and oxygen atoms in total. The fraction of sp³-hybridized carbons (Fsp3) is 0.429. The minimum atomic E-state index is -1.81. The topological polar surface area (TPSA) is 38.7 Å². The summed E-state index contributed by atoms with van der Waals surface area (Å²) in [5, 5.41) is 10.1. The summed E-state index contributed by atoms with van der Waals surface area (Å²) in [6, 6.07) is 5.20. The molecule has 1 N–H and O–H groups in total. The van der Waals surface area contributed by atoms with Gasteiger partial charge in [-0.3, -0.25) is 0 Å². The SMILES string of the molecule is [2H]/C(=C\C([2H])(O)C(C)(C)C)c1ccc2c(c1)OCO2. The molecule has 0 fully saturated rings. The smallest absolute Gasteiger partial charge is 0.231 e. The molecule has 0 radical (unpaired) electrons. The molecule has 0 aromatic heterocycles. The molecule has 1 unspecified atom stereocenters. The zero-order valence-electron chi connectivity index (χ0n) is 12.3. The average molecular weight is 236 g/mol. The van der Waals surface area contributed by atoms with E-state index in [0.717, 1.165) is 0 Å². The zero-order chi connectivity index (χ0) is 14.3. The number of ether oxygens (including phenoxy) is 2. The molecule has 1 aliphatic heterocycles. The Morgan fingerprint density at radius 3 is 2.82 bits per heavy atom. The Kier molecular flexibility index (Phi) is 2.48. The van der Waals surface area contributed by atoms with Crippen LogP contribution in [0.5, 0.6) is 11.5 Å². The molecule has 1 aromatic rings. The maximum absolute atomic E-state index is 10.1. The third-order valence-corrected chi connectivity index (χ3v) is 2.52. The summed E-state index contributed by atoms with van der Waals surface area (Å²) in [5.74, 6) is 1.23. The highest BCUT2D eigenvalue weighted by molar-refractivity contribution is 5.56. The number of hydrogen-bond acceptors (Lipinski definition) is 3. The zero-order valence-corrected chi connectivity index (χ0v) is 10.3. The normalized spacial score (nSPS) is 20.6. The summed E-state index contributed by atoms with van der Waals surface area (Å²) in [6.45, 7) is 5.44. The van der Waals surface area contributed by atoms with Crippen molar-refractivity contribution in [1.82, 2.24) is 0 Å². The Bertz CT molecular complexity index is 516. The van der Waals surface area contributed by atoms with Gasteiger partial charge in [0.2, 0.25) is 6.79 Å². The Balaban J connectivity index is 2.32. The Hall–Kier alpha value is -1.48. The van der Waals surface area contributed by atoms with Crippen LogP contribution in [-0.2, 0) is 0 Å². The number of hydrogen-bond donors (Lipinski definition) is 1. The Morgan fingerprint density at radius 1 is 1.41 bits per heavy atom. The molecule has 0 bridgehead atoms. The summed E-state index contributed by atoms with van der Waals surface area (Å²) >= 11 is 0. The first kappa shape index (κ1) is 9.54. The summed E-state index contributed by atoms with van der Waals surface area (Å²) in [5.41, 5.74) is -0.0884.